The van der Waals surface area contributed by atoms with Crippen LogP contribution >= 0.6 is 0 Å². The molecule has 0 heterocycles. The molecule has 0 aromatic rings. The van der Waals surface area contributed by atoms with Gasteiger partial charge in [0.15, 0.2) is 0 Å². The van der Waals surface area contributed by atoms with Crippen molar-refractivity contribution in [2.24, 2.45) is 5.92 Å². The Balaban J connectivity index is 0. The minimum Gasteiger partial charge on any atom is -0.550 e. The van der Waals surface area contributed by atoms with Crippen LogP contribution in [-0.2, 0) is 4.79 Å². The van der Waals surface area contributed by atoms with E-state index in [9.17, 15) is 9.90 Å². The van der Waals surface area contributed by atoms with Gasteiger partial charge in [0, 0.05) is 12.6 Å². The second-order valence-electron chi connectivity index (χ2n) is 2.53. The number of carbonyl (C=O) groups is 1. The zero-order valence-corrected chi connectivity index (χ0v) is 7.17. The van der Waals surface area contributed by atoms with E-state index in [1.165, 1.54) is 0 Å². The summed E-state index contributed by atoms with van der Waals surface area (Å²) in [6.07, 6.45) is 1.37. The largest absolute Gasteiger partial charge is 1.00 e. The van der Waals surface area contributed by atoms with Gasteiger partial charge in [0.2, 0.25) is 0 Å². The van der Waals surface area contributed by atoms with Gasteiger partial charge in [-0.25, -0.2) is 0 Å². The zero-order valence-electron chi connectivity index (χ0n) is 7.17. The monoisotopic (exact) mass is 152 g/mol. The van der Waals surface area contributed by atoms with Gasteiger partial charge >= 0.3 is 18.9 Å². The maximum absolute atomic E-state index is 9.93. The van der Waals surface area contributed by atoms with Crippen LogP contribution in [0.3, 0.4) is 0 Å². The molecular weight excluding hydrogens is 139 g/mol. The molecule has 1 atom stereocenters. The van der Waals surface area contributed by atoms with Gasteiger partial charge in [-0.2, -0.15) is 0 Å². The molecule has 0 fully saturated rings. The predicted octanol–water partition coefficient (Wildman–Crippen LogP) is -3.46. The third kappa shape index (κ3) is 10.0. The maximum atomic E-state index is 9.93. The Morgan fingerprint density at radius 1 is 1.55 bits per heavy atom. The Bertz CT molecular complexity index is 106. The normalized spacial score (nSPS) is 11.8. The number of carboxylic acid groups (broad SMARTS) is 1. The SMILES string of the molecule is CC(CCO)CCC(=O)[O-].[Li+]. The van der Waals surface area contributed by atoms with Crippen LogP contribution in [0.4, 0.5) is 0 Å². The number of aliphatic hydroxyl groups is 1. The first-order chi connectivity index (χ1) is 4.66. The molecule has 0 aromatic heterocycles. The number of hydrogen-bond acceptors (Lipinski definition) is 3. The van der Waals surface area contributed by atoms with Gasteiger partial charge < -0.3 is 15.0 Å². The number of aliphatic carboxylic acids is 1. The van der Waals surface area contributed by atoms with Crippen LogP contribution in [0, 0.1) is 5.92 Å². The summed E-state index contributed by atoms with van der Waals surface area (Å²) in [5, 5.41) is 18.4. The smallest absolute Gasteiger partial charge is 0.550 e. The summed E-state index contributed by atoms with van der Waals surface area (Å²) in [5.41, 5.74) is 0. The molecule has 0 radical (unpaired) electrons. The van der Waals surface area contributed by atoms with E-state index in [0.717, 1.165) is 0 Å². The Hall–Kier alpha value is 0.0274. The second kappa shape index (κ2) is 8.13. The van der Waals surface area contributed by atoms with E-state index in [4.69, 9.17) is 5.11 Å². The minimum absolute atomic E-state index is 0. The molecule has 0 aromatic carbocycles. The molecule has 1 N–H and O–H groups in total. The van der Waals surface area contributed by atoms with Crippen LogP contribution in [-0.4, -0.2) is 17.7 Å². The van der Waals surface area contributed by atoms with Gasteiger partial charge in [0.05, 0.1) is 0 Å². The van der Waals surface area contributed by atoms with E-state index < -0.39 is 5.97 Å². The van der Waals surface area contributed by atoms with E-state index in [0.29, 0.717) is 12.8 Å². The van der Waals surface area contributed by atoms with Crippen LogP contribution in [0.1, 0.15) is 26.2 Å². The second-order valence-corrected chi connectivity index (χ2v) is 2.53. The molecule has 0 saturated heterocycles. The van der Waals surface area contributed by atoms with Crippen LogP contribution in [0.15, 0.2) is 0 Å². The predicted molar refractivity (Wildman–Crippen MR) is 35.1 cm³/mol. The summed E-state index contributed by atoms with van der Waals surface area (Å²) >= 11 is 0. The fraction of sp³-hybridized carbons (Fsp3) is 0.857. The summed E-state index contributed by atoms with van der Waals surface area (Å²) in [5.74, 6) is -0.729. The fourth-order valence-corrected chi connectivity index (χ4v) is 0.729. The van der Waals surface area contributed by atoms with Gasteiger partial charge in [0.25, 0.3) is 0 Å². The molecule has 0 spiro atoms. The molecular formula is C7H13LiO3. The topological polar surface area (TPSA) is 60.4 Å². The van der Waals surface area contributed by atoms with E-state index in [1.54, 1.807) is 0 Å². The van der Waals surface area contributed by atoms with Crippen molar-refractivity contribution >= 4 is 5.97 Å². The molecule has 4 heteroatoms. The van der Waals surface area contributed by atoms with Gasteiger partial charge in [-0.3, -0.25) is 0 Å². The number of carbonyl (C=O) groups excluding carboxylic acids is 1. The molecule has 0 bridgehead atoms. The molecule has 0 aliphatic rings. The molecule has 11 heavy (non-hydrogen) atoms. The summed E-state index contributed by atoms with van der Waals surface area (Å²) in [4.78, 5) is 9.93. The van der Waals surface area contributed by atoms with Gasteiger partial charge in [0.1, 0.15) is 0 Å². The van der Waals surface area contributed by atoms with Crippen molar-refractivity contribution in [1.82, 2.24) is 0 Å². The third-order valence-electron chi connectivity index (χ3n) is 1.46. The van der Waals surface area contributed by atoms with E-state index >= 15 is 0 Å². The average molecular weight is 152 g/mol. The summed E-state index contributed by atoms with van der Waals surface area (Å²) < 4.78 is 0. The van der Waals surface area contributed by atoms with Crippen molar-refractivity contribution in [2.45, 2.75) is 26.2 Å². The number of rotatable bonds is 5. The van der Waals surface area contributed by atoms with Gasteiger partial charge in [-0.05, 0) is 25.2 Å². The summed E-state index contributed by atoms with van der Waals surface area (Å²) in [6, 6.07) is 0. The number of aliphatic hydroxyl groups excluding tert-OH is 1. The standard InChI is InChI=1S/C7H14O3.Li/c1-6(4-5-8)2-3-7(9)10;/h6,8H,2-5H2,1H3,(H,9,10);/q;+1/p-1. The third-order valence-corrected chi connectivity index (χ3v) is 1.46. The van der Waals surface area contributed by atoms with Gasteiger partial charge in [-0.15, -0.1) is 0 Å². The first kappa shape index (κ1) is 13.6. The molecule has 1 unspecified atom stereocenters. The van der Waals surface area contributed by atoms with Crippen molar-refractivity contribution in [3.05, 3.63) is 0 Å². The molecule has 60 valence electrons. The van der Waals surface area contributed by atoms with Crippen LogP contribution < -0.4 is 24.0 Å². The van der Waals surface area contributed by atoms with Crippen molar-refractivity contribution in [3.8, 4) is 0 Å². The Labute approximate surface area is 79.0 Å². The van der Waals surface area contributed by atoms with E-state index in [2.05, 4.69) is 0 Å². The first-order valence-electron chi connectivity index (χ1n) is 3.47. The molecule has 0 rings (SSSR count). The van der Waals surface area contributed by atoms with Crippen LogP contribution in [0.2, 0.25) is 0 Å². The van der Waals surface area contributed by atoms with Crippen LogP contribution in [0.5, 0.6) is 0 Å². The fourth-order valence-electron chi connectivity index (χ4n) is 0.729. The van der Waals surface area contributed by atoms with E-state index in [1.807, 2.05) is 6.92 Å². The average Bonchev–Trinajstić information content (AvgIpc) is 1.85. The summed E-state index contributed by atoms with van der Waals surface area (Å²) in [6.45, 7) is 2.05. The van der Waals surface area contributed by atoms with Crippen molar-refractivity contribution in [2.75, 3.05) is 6.61 Å². The Kier molecular flexibility index (Phi) is 10.1. The van der Waals surface area contributed by atoms with Crippen molar-refractivity contribution in [3.63, 3.8) is 0 Å². The number of hydrogen-bond donors (Lipinski definition) is 1. The van der Waals surface area contributed by atoms with Gasteiger partial charge in [-0.1, -0.05) is 6.92 Å². The molecule has 0 aliphatic carbocycles. The quantitative estimate of drug-likeness (QED) is 0.416. The molecule has 3 nitrogen and oxygen atoms in total. The van der Waals surface area contributed by atoms with Crippen molar-refractivity contribution < 1.29 is 33.9 Å². The molecule has 0 amide bonds. The van der Waals surface area contributed by atoms with Crippen LogP contribution in [0.25, 0.3) is 0 Å². The zero-order chi connectivity index (χ0) is 7.98. The van der Waals surface area contributed by atoms with Crippen molar-refractivity contribution in [1.29, 1.82) is 0 Å². The molecule has 0 saturated carbocycles. The minimum atomic E-state index is -1.01. The molecule has 0 aliphatic heterocycles. The summed E-state index contributed by atoms with van der Waals surface area (Å²) in [7, 11) is 0. The Morgan fingerprint density at radius 2 is 2.09 bits per heavy atom. The number of carboxylic acids is 1. The van der Waals surface area contributed by atoms with E-state index in [-0.39, 0.29) is 37.8 Å². The Morgan fingerprint density at radius 3 is 2.45 bits per heavy atom. The maximum Gasteiger partial charge on any atom is 1.00 e. The first-order valence-corrected chi connectivity index (χ1v) is 3.47.